The quantitative estimate of drug-likeness (QED) is 0.266. The predicted octanol–water partition coefficient (Wildman–Crippen LogP) is 8.24. The number of nitrogens with one attached hydrogen (secondary N) is 1. The van der Waals surface area contributed by atoms with Crippen LogP contribution in [0.1, 0.15) is 26.3 Å². The summed E-state index contributed by atoms with van der Waals surface area (Å²) in [6, 6.07) is 14.0. The summed E-state index contributed by atoms with van der Waals surface area (Å²) in [6.07, 6.45) is 7.96. The Morgan fingerprint density at radius 2 is 1.81 bits per heavy atom. The minimum atomic E-state index is 0.208. The van der Waals surface area contributed by atoms with Crippen LogP contribution in [0.5, 0.6) is 5.75 Å². The summed E-state index contributed by atoms with van der Waals surface area (Å²) in [4.78, 5) is 5.55. The fourth-order valence-electron chi connectivity index (χ4n) is 4.13. The van der Waals surface area contributed by atoms with Crippen LogP contribution in [0, 0.1) is 0 Å². The average Bonchev–Trinajstić information content (AvgIpc) is 3.09. The van der Waals surface area contributed by atoms with Gasteiger partial charge in [0, 0.05) is 40.6 Å². The van der Waals surface area contributed by atoms with Crippen molar-refractivity contribution in [3.63, 3.8) is 0 Å². The summed E-state index contributed by atoms with van der Waals surface area (Å²) in [7, 11) is 1.68. The number of benzene rings is 2. The normalized spacial score (nSPS) is 14.5. The van der Waals surface area contributed by atoms with Crippen LogP contribution < -0.4 is 10.1 Å². The molecule has 0 radical (unpaired) electrons. The molecule has 7 heteroatoms. The Kier molecular flexibility index (Phi) is 10.8. The van der Waals surface area contributed by atoms with Crippen LogP contribution in [-0.4, -0.2) is 36.0 Å². The Morgan fingerprint density at radius 1 is 1.14 bits per heavy atom. The molecule has 0 atom stereocenters. The Balaban J connectivity index is 2.00. The smallest absolute Gasteiger partial charge is 0.118 e. The van der Waals surface area contributed by atoms with Gasteiger partial charge in [0.25, 0.3) is 0 Å². The molecule has 1 N–H and O–H groups in total. The second kappa shape index (κ2) is 13.8. The SMILES string of the molecule is C=C/C=C(\C=C/C)CNCC1=C(Sc2cc(Cl)cc(Cl)c2)N(C(C)C)C(=C)N1Cc1ccc(OC)cc1. The van der Waals surface area contributed by atoms with Crippen molar-refractivity contribution >= 4 is 35.0 Å². The van der Waals surface area contributed by atoms with Crippen molar-refractivity contribution in [3.05, 3.63) is 118 Å². The minimum Gasteiger partial charge on any atom is -0.497 e. The molecule has 0 unspecified atom stereocenters. The molecule has 0 aliphatic carbocycles. The van der Waals surface area contributed by atoms with Crippen molar-refractivity contribution in [3.8, 4) is 5.75 Å². The Hall–Kier alpha value is -2.57. The highest BCUT2D eigenvalue weighted by Crippen LogP contribution is 2.44. The standard InChI is InChI=1S/C30H35Cl2N3OS/c1-7-9-23(10-8-2)18-33-19-29-30(37-28-16-25(31)15-26(32)17-28)35(21(3)4)22(5)34(29)20-24-11-13-27(36-6)14-12-24/h7-17,21,33H,1,5,18-20H2,2-4,6H3/b10-8-,23-9+. The number of ether oxygens (including phenoxy) is 1. The highest BCUT2D eigenvalue weighted by atomic mass is 35.5. The molecule has 0 spiro atoms. The van der Waals surface area contributed by atoms with Gasteiger partial charge in [0.1, 0.15) is 16.6 Å². The summed E-state index contributed by atoms with van der Waals surface area (Å²) in [6.45, 7) is 16.8. The second-order valence-electron chi connectivity index (χ2n) is 8.85. The maximum Gasteiger partial charge on any atom is 0.118 e. The highest BCUT2D eigenvalue weighted by molar-refractivity contribution is 8.03. The molecule has 196 valence electrons. The lowest BCUT2D eigenvalue weighted by Crippen LogP contribution is -2.30. The third kappa shape index (κ3) is 7.71. The van der Waals surface area contributed by atoms with E-state index in [1.54, 1.807) is 24.9 Å². The first kappa shape index (κ1) is 29.0. The van der Waals surface area contributed by atoms with Gasteiger partial charge in [-0.2, -0.15) is 0 Å². The van der Waals surface area contributed by atoms with E-state index in [-0.39, 0.29) is 6.04 Å². The van der Waals surface area contributed by atoms with Gasteiger partial charge in [0.05, 0.1) is 12.8 Å². The van der Waals surface area contributed by atoms with Crippen LogP contribution in [-0.2, 0) is 6.54 Å². The molecule has 0 fully saturated rings. The van der Waals surface area contributed by atoms with Gasteiger partial charge in [-0.15, -0.1) is 0 Å². The van der Waals surface area contributed by atoms with Crippen LogP contribution in [0.2, 0.25) is 10.0 Å². The molecule has 0 bridgehead atoms. The number of methoxy groups -OCH3 is 1. The molecule has 0 saturated carbocycles. The number of nitrogens with zero attached hydrogens (tertiary/aromatic N) is 2. The zero-order valence-corrected chi connectivity index (χ0v) is 24.3. The maximum atomic E-state index is 6.34. The van der Waals surface area contributed by atoms with Crippen molar-refractivity contribution < 1.29 is 4.74 Å². The fraction of sp³-hybridized carbons (Fsp3) is 0.267. The summed E-state index contributed by atoms with van der Waals surface area (Å²) in [5, 5.41) is 5.97. The van der Waals surface area contributed by atoms with Gasteiger partial charge in [-0.05, 0) is 62.2 Å². The van der Waals surface area contributed by atoms with E-state index in [1.807, 2.05) is 49.4 Å². The maximum absolute atomic E-state index is 6.34. The van der Waals surface area contributed by atoms with E-state index in [0.717, 1.165) is 32.8 Å². The van der Waals surface area contributed by atoms with Crippen molar-refractivity contribution in [2.24, 2.45) is 0 Å². The number of hydrogen-bond donors (Lipinski definition) is 1. The van der Waals surface area contributed by atoms with Gasteiger partial charge >= 0.3 is 0 Å². The van der Waals surface area contributed by atoms with Crippen molar-refractivity contribution in [2.75, 3.05) is 20.2 Å². The van der Waals surface area contributed by atoms with Crippen molar-refractivity contribution in [2.45, 2.75) is 38.3 Å². The van der Waals surface area contributed by atoms with Gasteiger partial charge in [0.2, 0.25) is 0 Å². The average molecular weight is 557 g/mol. The first-order valence-electron chi connectivity index (χ1n) is 12.2. The summed E-state index contributed by atoms with van der Waals surface area (Å²) < 4.78 is 5.35. The van der Waals surface area contributed by atoms with Crippen molar-refractivity contribution in [1.82, 2.24) is 15.1 Å². The molecule has 2 aromatic carbocycles. The lowest BCUT2D eigenvalue weighted by molar-refractivity contribution is 0.300. The van der Waals surface area contributed by atoms with Gasteiger partial charge in [-0.25, -0.2) is 0 Å². The monoisotopic (exact) mass is 555 g/mol. The van der Waals surface area contributed by atoms with Gasteiger partial charge in [-0.1, -0.05) is 84.6 Å². The second-order valence-corrected chi connectivity index (χ2v) is 10.8. The number of rotatable bonds is 12. The van der Waals surface area contributed by atoms with E-state index in [2.05, 4.69) is 60.3 Å². The predicted molar refractivity (Wildman–Crippen MR) is 160 cm³/mol. The Labute approximate surface area is 236 Å². The third-order valence-electron chi connectivity index (χ3n) is 5.78. The number of thioether (sulfide) groups is 1. The topological polar surface area (TPSA) is 27.7 Å². The van der Waals surface area contributed by atoms with E-state index in [1.165, 1.54) is 5.56 Å². The van der Waals surface area contributed by atoms with Gasteiger partial charge in [0.15, 0.2) is 0 Å². The van der Waals surface area contributed by atoms with Crippen LogP contribution in [0.25, 0.3) is 0 Å². The van der Waals surface area contributed by atoms with E-state index in [9.17, 15) is 0 Å². The van der Waals surface area contributed by atoms with E-state index in [0.29, 0.717) is 29.7 Å². The number of allylic oxidation sites excluding steroid dienone is 3. The molecule has 1 aliphatic heterocycles. The molecule has 0 aromatic heterocycles. The molecule has 37 heavy (non-hydrogen) atoms. The third-order valence-corrected chi connectivity index (χ3v) is 7.32. The summed E-state index contributed by atoms with van der Waals surface area (Å²) in [5.41, 5.74) is 3.48. The van der Waals surface area contributed by atoms with Crippen LogP contribution in [0.4, 0.5) is 0 Å². The van der Waals surface area contributed by atoms with E-state index in [4.69, 9.17) is 27.9 Å². The molecule has 1 aliphatic rings. The molecule has 0 amide bonds. The largest absolute Gasteiger partial charge is 0.497 e. The zero-order valence-electron chi connectivity index (χ0n) is 21.9. The van der Waals surface area contributed by atoms with Gasteiger partial charge in [-0.3, -0.25) is 0 Å². The lowest BCUT2D eigenvalue weighted by atomic mass is 10.2. The van der Waals surface area contributed by atoms with Crippen LogP contribution in [0.15, 0.2) is 107 Å². The minimum absolute atomic E-state index is 0.208. The molecule has 2 aromatic rings. The molecule has 1 heterocycles. The van der Waals surface area contributed by atoms with Gasteiger partial charge < -0.3 is 19.9 Å². The Bertz CT molecular complexity index is 1180. The molecule has 3 rings (SSSR count). The molecule has 0 saturated heterocycles. The van der Waals surface area contributed by atoms with Crippen LogP contribution in [0.3, 0.4) is 0 Å². The number of hydrogen-bond acceptors (Lipinski definition) is 5. The lowest BCUT2D eigenvalue weighted by Gasteiger charge is -2.29. The Morgan fingerprint density at radius 3 is 2.38 bits per heavy atom. The van der Waals surface area contributed by atoms with Crippen LogP contribution >= 0.6 is 35.0 Å². The molecule has 4 nitrogen and oxygen atoms in total. The van der Waals surface area contributed by atoms with E-state index < -0.39 is 0 Å². The summed E-state index contributed by atoms with van der Waals surface area (Å²) in [5.74, 6) is 1.78. The highest BCUT2D eigenvalue weighted by Gasteiger charge is 2.34. The zero-order chi connectivity index (χ0) is 26.9. The van der Waals surface area contributed by atoms with Crippen molar-refractivity contribution in [1.29, 1.82) is 0 Å². The first-order valence-corrected chi connectivity index (χ1v) is 13.7. The molecular formula is C30H35Cl2N3OS. The summed E-state index contributed by atoms with van der Waals surface area (Å²) >= 11 is 14.3. The molecular weight excluding hydrogens is 521 g/mol. The van der Waals surface area contributed by atoms with E-state index >= 15 is 0 Å². The number of halogens is 2. The fourth-order valence-corrected chi connectivity index (χ4v) is 6.10. The first-order chi connectivity index (χ1) is 17.8.